The summed E-state index contributed by atoms with van der Waals surface area (Å²) in [6.07, 6.45) is 5.15. The normalized spacial score (nSPS) is 24.6. The molecule has 0 spiro atoms. The standard InChI is InChI=1S/C11H17N3O2/c1-8-3-4-9(16-8)11(15)14(2)7-10-12-5-6-13-10/h5-6,8-9H,3-4,7H2,1-2H3,(H,12,13). The summed E-state index contributed by atoms with van der Waals surface area (Å²) in [4.78, 5) is 20.7. The van der Waals surface area contributed by atoms with Gasteiger partial charge in [0.05, 0.1) is 12.6 Å². The molecule has 88 valence electrons. The van der Waals surface area contributed by atoms with E-state index >= 15 is 0 Å². The van der Waals surface area contributed by atoms with Gasteiger partial charge >= 0.3 is 0 Å². The van der Waals surface area contributed by atoms with Crippen LogP contribution in [0.15, 0.2) is 12.4 Å². The number of nitrogens with zero attached hydrogens (tertiary/aromatic N) is 2. The summed E-state index contributed by atoms with van der Waals surface area (Å²) in [6.45, 7) is 2.50. The monoisotopic (exact) mass is 223 g/mol. The molecule has 16 heavy (non-hydrogen) atoms. The van der Waals surface area contributed by atoms with Crippen LogP contribution < -0.4 is 0 Å². The van der Waals surface area contributed by atoms with Crippen LogP contribution in [0.4, 0.5) is 0 Å². The Kier molecular flexibility index (Phi) is 3.24. The largest absolute Gasteiger partial charge is 0.365 e. The molecule has 0 radical (unpaired) electrons. The number of ether oxygens (including phenoxy) is 1. The van der Waals surface area contributed by atoms with E-state index in [4.69, 9.17) is 4.74 Å². The molecular weight excluding hydrogens is 206 g/mol. The van der Waals surface area contributed by atoms with E-state index in [-0.39, 0.29) is 18.1 Å². The second-order valence-corrected chi connectivity index (χ2v) is 4.24. The van der Waals surface area contributed by atoms with Crippen LogP contribution in [0.2, 0.25) is 0 Å². The first-order valence-electron chi connectivity index (χ1n) is 5.55. The lowest BCUT2D eigenvalue weighted by molar-refractivity contribution is -0.141. The van der Waals surface area contributed by atoms with Crippen LogP contribution in [0.1, 0.15) is 25.6 Å². The van der Waals surface area contributed by atoms with E-state index in [1.54, 1.807) is 24.3 Å². The first kappa shape index (κ1) is 11.1. The molecule has 5 heteroatoms. The van der Waals surface area contributed by atoms with Crippen molar-refractivity contribution in [3.05, 3.63) is 18.2 Å². The summed E-state index contributed by atoms with van der Waals surface area (Å²) in [7, 11) is 1.78. The highest BCUT2D eigenvalue weighted by molar-refractivity contribution is 5.80. The van der Waals surface area contributed by atoms with Gasteiger partial charge in [0.2, 0.25) is 0 Å². The minimum Gasteiger partial charge on any atom is -0.365 e. The van der Waals surface area contributed by atoms with Crippen LogP contribution in [0.25, 0.3) is 0 Å². The summed E-state index contributed by atoms with van der Waals surface area (Å²) in [5.74, 6) is 0.836. The molecular formula is C11H17N3O2. The number of rotatable bonds is 3. The zero-order valence-electron chi connectivity index (χ0n) is 9.64. The molecule has 1 fully saturated rings. The number of hydrogen-bond acceptors (Lipinski definition) is 3. The topological polar surface area (TPSA) is 58.2 Å². The van der Waals surface area contributed by atoms with Crippen molar-refractivity contribution < 1.29 is 9.53 Å². The fourth-order valence-corrected chi connectivity index (χ4v) is 1.92. The van der Waals surface area contributed by atoms with Crippen LogP contribution in [0, 0.1) is 0 Å². The average Bonchev–Trinajstić information content (AvgIpc) is 2.88. The highest BCUT2D eigenvalue weighted by Crippen LogP contribution is 2.20. The van der Waals surface area contributed by atoms with Crippen molar-refractivity contribution in [3.63, 3.8) is 0 Å². The Bertz CT molecular complexity index is 350. The molecule has 2 heterocycles. The number of aromatic nitrogens is 2. The smallest absolute Gasteiger partial charge is 0.251 e. The molecule has 0 aromatic carbocycles. The van der Waals surface area contributed by atoms with E-state index in [0.717, 1.165) is 18.7 Å². The second kappa shape index (κ2) is 4.65. The third-order valence-electron chi connectivity index (χ3n) is 2.83. The van der Waals surface area contributed by atoms with Crippen molar-refractivity contribution in [3.8, 4) is 0 Å². The Morgan fingerprint density at radius 3 is 3.06 bits per heavy atom. The van der Waals surface area contributed by atoms with E-state index in [9.17, 15) is 4.79 Å². The average molecular weight is 223 g/mol. The van der Waals surface area contributed by atoms with Crippen LogP contribution in [-0.2, 0) is 16.1 Å². The van der Waals surface area contributed by atoms with Gasteiger partial charge in [0.25, 0.3) is 5.91 Å². The fourth-order valence-electron chi connectivity index (χ4n) is 1.92. The van der Waals surface area contributed by atoms with E-state index in [1.807, 2.05) is 6.92 Å². The van der Waals surface area contributed by atoms with Gasteiger partial charge in [-0.25, -0.2) is 4.98 Å². The zero-order valence-corrected chi connectivity index (χ0v) is 9.64. The number of imidazole rings is 1. The van der Waals surface area contributed by atoms with Gasteiger partial charge in [0, 0.05) is 19.4 Å². The van der Waals surface area contributed by atoms with Gasteiger partial charge in [-0.1, -0.05) is 0 Å². The number of carbonyl (C=O) groups is 1. The first-order valence-corrected chi connectivity index (χ1v) is 5.55. The van der Waals surface area contributed by atoms with E-state index < -0.39 is 0 Å². The van der Waals surface area contributed by atoms with Crippen LogP contribution >= 0.6 is 0 Å². The van der Waals surface area contributed by atoms with Crippen molar-refractivity contribution in [2.24, 2.45) is 0 Å². The lowest BCUT2D eigenvalue weighted by Crippen LogP contribution is -2.36. The van der Waals surface area contributed by atoms with Gasteiger partial charge < -0.3 is 14.6 Å². The molecule has 0 aliphatic carbocycles. The molecule has 1 aliphatic heterocycles. The van der Waals surface area contributed by atoms with Crippen molar-refractivity contribution in [2.75, 3.05) is 7.05 Å². The van der Waals surface area contributed by atoms with Crippen LogP contribution in [-0.4, -0.2) is 40.0 Å². The molecule has 2 atom stereocenters. The SMILES string of the molecule is CC1CCC(C(=O)N(C)Cc2ncc[nH]2)O1. The number of nitrogens with one attached hydrogen (secondary N) is 1. The van der Waals surface area contributed by atoms with Gasteiger partial charge in [0.15, 0.2) is 0 Å². The highest BCUT2D eigenvalue weighted by Gasteiger charge is 2.30. The van der Waals surface area contributed by atoms with Crippen LogP contribution in [0.3, 0.4) is 0 Å². The Labute approximate surface area is 94.8 Å². The molecule has 1 aromatic heterocycles. The van der Waals surface area contributed by atoms with Crippen LogP contribution in [0.5, 0.6) is 0 Å². The third-order valence-corrected chi connectivity index (χ3v) is 2.83. The number of aromatic amines is 1. The quantitative estimate of drug-likeness (QED) is 0.829. The number of amides is 1. The molecule has 1 aliphatic rings. The Morgan fingerprint density at radius 1 is 1.69 bits per heavy atom. The van der Waals surface area contributed by atoms with Gasteiger partial charge in [-0.2, -0.15) is 0 Å². The van der Waals surface area contributed by atoms with Gasteiger partial charge in [-0.15, -0.1) is 0 Å². The van der Waals surface area contributed by atoms with Gasteiger partial charge in [0.1, 0.15) is 11.9 Å². The van der Waals surface area contributed by atoms with Crippen molar-refractivity contribution in [2.45, 2.75) is 38.5 Å². The molecule has 0 bridgehead atoms. The molecule has 5 nitrogen and oxygen atoms in total. The van der Waals surface area contributed by atoms with Crippen molar-refractivity contribution in [1.82, 2.24) is 14.9 Å². The first-order chi connectivity index (χ1) is 7.66. The summed E-state index contributed by atoms with van der Waals surface area (Å²) >= 11 is 0. The molecule has 2 unspecified atom stereocenters. The lowest BCUT2D eigenvalue weighted by Gasteiger charge is -2.19. The highest BCUT2D eigenvalue weighted by atomic mass is 16.5. The molecule has 1 saturated heterocycles. The number of H-pyrrole nitrogens is 1. The van der Waals surface area contributed by atoms with Gasteiger partial charge in [-0.3, -0.25) is 4.79 Å². The summed E-state index contributed by atoms with van der Waals surface area (Å²) in [5, 5.41) is 0. The predicted molar refractivity (Wildman–Crippen MR) is 58.6 cm³/mol. The predicted octanol–water partition coefficient (Wildman–Crippen LogP) is 0.936. The van der Waals surface area contributed by atoms with E-state index in [2.05, 4.69) is 9.97 Å². The Morgan fingerprint density at radius 2 is 2.50 bits per heavy atom. The minimum absolute atomic E-state index is 0.0424. The minimum atomic E-state index is -0.269. The zero-order chi connectivity index (χ0) is 11.5. The number of likely N-dealkylation sites (N-methyl/N-ethyl adjacent to an activating group) is 1. The van der Waals surface area contributed by atoms with Gasteiger partial charge in [-0.05, 0) is 19.8 Å². The maximum atomic E-state index is 12.0. The van der Waals surface area contributed by atoms with E-state index in [1.165, 1.54) is 0 Å². The summed E-state index contributed by atoms with van der Waals surface area (Å²) in [6, 6.07) is 0. The summed E-state index contributed by atoms with van der Waals surface area (Å²) < 4.78 is 5.54. The van der Waals surface area contributed by atoms with Crippen molar-refractivity contribution in [1.29, 1.82) is 0 Å². The van der Waals surface area contributed by atoms with E-state index in [0.29, 0.717) is 6.54 Å². The maximum Gasteiger partial charge on any atom is 0.251 e. The molecule has 1 N–H and O–H groups in total. The molecule has 2 rings (SSSR count). The molecule has 1 aromatic rings. The lowest BCUT2D eigenvalue weighted by atomic mass is 10.2. The number of hydrogen-bond donors (Lipinski definition) is 1. The Balaban J connectivity index is 1.89. The second-order valence-electron chi connectivity index (χ2n) is 4.24. The molecule has 1 amide bonds. The summed E-state index contributed by atoms with van der Waals surface area (Å²) in [5.41, 5.74) is 0. The third kappa shape index (κ3) is 2.41. The number of carbonyl (C=O) groups excluding carboxylic acids is 1. The fraction of sp³-hybridized carbons (Fsp3) is 0.636. The maximum absolute atomic E-state index is 12.0. The molecule has 0 saturated carbocycles. The van der Waals surface area contributed by atoms with Crippen molar-refractivity contribution >= 4 is 5.91 Å². The Hall–Kier alpha value is -1.36.